The first-order chi connectivity index (χ1) is 13.8. The van der Waals surface area contributed by atoms with Crippen molar-refractivity contribution in [2.75, 3.05) is 11.9 Å². The van der Waals surface area contributed by atoms with Gasteiger partial charge in [0.2, 0.25) is 11.8 Å². The fourth-order valence-electron chi connectivity index (χ4n) is 2.63. The zero-order valence-corrected chi connectivity index (χ0v) is 17.2. The molecule has 3 N–H and O–H groups in total. The number of rotatable bonds is 8. The van der Waals surface area contributed by atoms with Crippen LogP contribution in [0, 0.1) is 5.41 Å². The standard InChI is InChI=1S/C23H29N3O3/c1-23(2,3)22(29)24-16-10-15-19(27)26-20(17-11-6-4-7-12-17)21(28)25-18-13-8-5-9-14-18/h4-9,11-14,20H,10,15-16H2,1-3H3,(H,24,29)(H,25,28)(H,26,27). The summed E-state index contributed by atoms with van der Waals surface area (Å²) in [5.41, 5.74) is 0.906. The third kappa shape index (κ3) is 7.41. The van der Waals surface area contributed by atoms with Crippen LogP contribution >= 0.6 is 0 Å². The van der Waals surface area contributed by atoms with Crippen molar-refractivity contribution in [2.45, 2.75) is 39.7 Å². The molecule has 6 heteroatoms. The smallest absolute Gasteiger partial charge is 0.251 e. The zero-order valence-electron chi connectivity index (χ0n) is 17.2. The number of hydrogen-bond donors (Lipinski definition) is 3. The van der Waals surface area contributed by atoms with Gasteiger partial charge in [0.15, 0.2) is 0 Å². The van der Waals surface area contributed by atoms with E-state index in [1.807, 2.05) is 57.2 Å². The molecule has 2 aromatic carbocycles. The Morgan fingerprint density at radius 3 is 2.07 bits per heavy atom. The molecule has 3 amide bonds. The van der Waals surface area contributed by atoms with Crippen molar-refractivity contribution in [3.8, 4) is 0 Å². The van der Waals surface area contributed by atoms with Gasteiger partial charge in [-0.1, -0.05) is 69.3 Å². The molecule has 0 bridgehead atoms. The van der Waals surface area contributed by atoms with Gasteiger partial charge in [-0.05, 0) is 24.1 Å². The largest absolute Gasteiger partial charge is 0.356 e. The summed E-state index contributed by atoms with van der Waals surface area (Å²) < 4.78 is 0. The molecule has 0 saturated carbocycles. The number of nitrogens with one attached hydrogen (secondary N) is 3. The van der Waals surface area contributed by atoms with Crippen LogP contribution in [0.4, 0.5) is 5.69 Å². The summed E-state index contributed by atoms with van der Waals surface area (Å²) in [5.74, 6) is -0.605. The maximum Gasteiger partial charge on any atom is 0.251 e. The quantitative estimate of drug-likeness (QED) is 0.599. The van der Waals surface area contributed by atoms with Gasteiger partial charge >= 0.3 is 0 Å². The van der Waals surface area contributed by atoms with Crippen LogP contribution in [-0.4, -0.2) is 24.3 Å². The highest BCUT2D eigenvalue weighted by Crippen LogP contribution is 2.17. The Morgan fingerprint density at radius 1 is 0.897 bits per heavy atom. The van der Waals surface area contributed by atoms with Gasteiger partial charge in [-0.15, -0.1) is 0 Å². The lowest BCUT2D eigenvalue weighted by Gasteiger charge is -2.19. The summed E-state index contributed by atoms with van der Waals surface area (Å²) in [6, 6.07) is 17.4. The second kappa shape index (κ2) is 10.4. The lowest BCUT2D eigenvalue weighted by Crippen LogP contribution is -2.38. The molecule has 0 aliphatic carbocycles. The van der Waals surface area contributed by atoms with Crippen LogP contribution < -0.4 is 16.0 Å². The van der Waals surface area contributed by atoms with Gasteiger partial charge in [0.1, 0.15) is 6.04 Å². The number of benzene rings is 2. The minimum absolute atomic E-state index is 0.0534. The molecule has 1 atom stereocenters. The average molecular weight is 396 g/mol. The maximum absolute atomic E-state index is 12.8. The lowest BCUT2D eigenvalue weighted by molar-refractivity contribution is -0.129. The van der Waals surface area contributed by atoms with E-state index in [0.717, 1.165) is 0 Å². The predicted molar refractivity (Wildman–Crippen MR) is 114 cm³/mol. The number of carbonyl (C=O) groups is 3. The van der Waals surface area contributed by atoms with E-state index in [1.165, 1.54) is 0 Å². The molecule has 6 nitrogen and oxygen atoms in total. The van der Waals surface area contributed by atoms with Crippen molar-refractivity contribution in [1.82, 2.24) is 10.6 Å². The molecule has 154 valence electrons. The monoisotopic (exact) mass is 395 g/mol. The molecular weight excluding hydrogens is 366 g/mol. The molecule has 0 spiro atoms. The predicted octanol–water partition coefficient (Wildman–Crippen LogP) is 3.43. The molecule has 29 heavy (non-hydrogen) atoms. The average Bonchev–Trinajstić information content (AvgIpc) is 2.70. The molecule has 1 unspecified atom stereocenters. The first kappa shape index (κ1) is 22.1. The first-order valence-corrected chi connectivity index (χ1v) is 9.76. The zero-order chi connectivity index (χ0) is 21.3. The van der Waals surface area contributed by atoms with Crippen LogP contribution in [0.1, 0.15) is 45.2 Å². The highest BCUT2D eigenvalue weighted by atomic mass is 16.2. The SMILES string of the molecule is CC(C)(C)C(=O)NCCCC(=O)NC(C(=O)Nc1ccccc1)c1ccccc1. The van der Waals surface area contributed by atoms with Crippen molar-refractivity contribution in [2.24, 2.45) is 5.41 Å². The maximum atomic E-state index is 12.8. The van der Waals surface area contributed by atoms with Gasteiger partial charge in [0, 0.05) is 24.1 Å². The number of hydrogen-bond acceptors (Lipinski definition) is 3. The Labute approximate surface area is 172 Å². The molecule has 0 aromatic heterocycles. The van der Waals surface area contributed by atoms with Gasteiger partial charge in [-0.3, -0.25) is 14.4 Å². The summed E-state index contributed by atoms with van der Waals surface area (Å²) in [6.45, 7) is 5.93. The van der Waals surface area contributed by atoms with Gasteiger partial charge in [0.25, 0.3) is 5.91 Å². The van der Waals surface area contributed by atoms with Crippen LogP contribution in [0.15, 0.2) is 60.7 Å². The Morgan fingerprint density at radius 2 is 1.48 bits per heavy atom. The normalized spacial score (nSPS) is 12.0. The fourth-order valence-corrected chi connectivity index (χ4v) is 2.63. The molecular formula is C23H29N3O3. The lowest BCUT2D eigenvalue weighted by atomic mass is 9.96. The topological polar surface area (TPSA) is 87.3 Å². The van der Waals surface area contributed by atoms with Crippen LogP contribution in [0.3, 0.4) is 0 Å². The number of carbonyl (C=O) groups excluding carboxylic acids is 3. The Balaban J connectivity index is 1.94. The van der Waals surface area contributed by atoms with E-state index < -0.39 is 11.5 Å². The van der Waals surface area contributed by atoms with Crippen molar-refractivity contribution in [3.05, 3.63) is 66.2 Å². The van der Waals surface area contributed by atoms with E-state index in [-0.39, 0.29) is 24.1 Å². The van der Waals surface area contributed by atoms with Crippen LogP contribution in [0.2, 0.25) is 0 Å². The molecule has 0 fully saturated rings. The Hall–Kier alpha value is -3.15. The van der Waals surface area contributed by atoms with E-state index in [0.29, 0.717) is 24.2 Å². The second-order valence-corrected chi connectivity index (χ2v) is 7.88. The van der Waals surface area contributed by atoms with E-state index in [4.69, 9.17) is 0 Å². The number of anilines is 1. The van der Waals surface area contributed by atoms with Gasteiger partial charge < -0.3 is 16.0 Å². The van der Waals surface area contributed by atoms with E-state index in [9.17, 15) is 14.4 Å². The van der Waals surface area contributed by atoms with E-state index in [1.54, 1.807) is 24.3 Å². The summed E-state index contributed by atoms with van der Waals surface area (Å²) >= 11 is 0. The van der Waals surface area contributed by atoms with Crippen molar-refractivity contribution >= 4 is 23.4 Å². The van der Waals surface area contributed by atoms with Gasteiger partial charge in [-0.2, -0.15) is 0 Å². The molecule has 0 aliphatic rings. The minimum atomic E-state index is -0.798. The first-order valence-electron chi connectivity index (χ1n) is 9.76. The van der Waals surface area contributed by atoms with Crippen LogP contribution in [0.25, 0.3) is 0 Å². The highest BCUT2D eigenvalue weighted by molar-refractivity contribution is 5.97. The highest BCUT2D eigenvalue weighted by Gasteiger charge is 2.23. The third-order valence-electron chi connectivity index (χ3n) is 4.29. The molecule has 0 saturated heterocycles. The fraction of sp³-hybridized carbons (Fsp3) is 0.348. The summed E-state index contributed by atoms with van der Waals surface area (Å²) in [4.78, 5) is 37.1. The Bertz CT molecular complexity index is 814. The number of para-hydroxylation sites is 1. The molecule has 0 radical (unpaired) electrons. The Kier molecular flexibility index (Phi) is 7.95. The van der Waals surface area contributed by atoms with E-state index >= 15 is 0 Å². The van der Waals surface area contributed by atoms with Crippen molar-refractivity contribution in [1.29, 1.82) is 0 Å². The molecule has 2 aromatic rings. The summed E-state index contributed by atoms with van der Waals surface area (Å²) in [7, 11) is 0. The summed E-state index contributed by atoms with van der Waals surface area (Å²) in [6.07, 6.45) is 0.710. The number of amides is 3. The third-order valence-corrected chi connectivity index (χ3v) is 4.29. The van der Waals surface area contributed by atoms with Crippen molar-refractivity contribution in [3.63, 3.8) is 0 Å². The van der Waals surface area contributed by atoms with E-state index in [2.05, 4.69) is 16.0 Å². The minimum Gasteiger partial charge on any atom is -0.356 e. The van der Waals surface area contributed by atoms with Gasteiger partial charge in [0.05, 0.1) is 0 Å². The summed E-state index contributed by atoms with van der Waals surface area (Å²) in [5, 5.41) is 8.46. The van der Waals surface area contributed by atoms with Gasteiger partial charge in [-0.25, -0.2) is 0 Å². The van der Waals surface area contributed by atoms with Crippen molar-refractivity contribution < 1.29 is 14.4 Å². The molecule has 2 rings (SSSR count). The molecule has 0 aliphatic heterocycles. The van der Waals surface area contributed by atoms with Crippen LogP contribution in [0.5, 0.6) is 0 Å². The second-order valence-electron chi connectivity index (χ2n) is 7.88. The molecule has 0 heterocycles. The van der Waals surface area contributed by atoms with Crippen LogP contribution in [-0.2, 0) is 14.4 Å².